The van der Waals surface area contributed by atoms with Gasteiger partial charge in [0.1, 0.15) is 5.54 Å². The molecular formula is C19H28ClN5O2+2. The highest BCUT2D eigenvalue weighted by atomic mass is 35.5. The number of rotatable bonds is 3. The molecule has 7 nitrogen and oxygen atoms in total. The Morgan fingerprint density at radius 1 is 1.15 bits per heavy atom. The Kier molecular flexibility index (Phi) is 5.01. The number of hydrogen-bond acceptors (Lipinski definition) is 3. The van der Waals surface area contributed by atoms with E-state index in [1.807, 2.05) is 18.2 Å². The van der Waals surface area contributed by atoms with Gasteiger partial charge in [-0.2, -0.15) is 0 Å². The maximum absolute atomic E-state index is 13.0. The molecule has 3 N–H and O–H groups in total. The number of carbonyl (C=O) groups excluding carboxylic acids is 2. The highest BCUT2D eigenvalue weighted by molar-refractivity contribution is 6.30. The van der Waals surface area contributed by atoms with E-state index in [0.717, 1.165) is 62.8 Å². The van der Waals surface area contributed by atoms with Crippen LogP contribution in [0.25, 0.3) is 0 Å². The van der Waals surface area contributed by atoms with Crippen LogP contribution in [0.1, 0.15) is 12.8 Å². The van der Waals surface area contributed by atoms with Gasteiger partial charge in [-0.3, -0.25) is 4.79 Å². The number of likely N-dealkylation sites (tertiary alicyclic amines) is 1. The number of nitrogens with one attached hydrogen (secondary N) is 3. The van der Waals surface area contributed by atoms with Crippen LogP contribution < -0.4 is 20.0 Å². The van der Waals surface area contributed by atoms with Crippen LogP contribution in [0.3, 0.4) is 0 Å². The van der Waals surface area contributed by atoms with E-state index in [1.54, 1.807) is 0 Å². The van der Waals surface area contributed by atoms with Crippen LogP contribution in [0, 0.1) is 0 Å². The molecule has 3 aliphatic heterocycles. The maximum atomic E-state index is 13.0. The number of piperidine rings is 1. The summed E-state index contributed by atoms with van der Waals surface area (Å²) in [6.07, 6.45) is 1.47. The number of piperazine rings is 1. The topological polar surface area (TPSA) is 61.5 Å². The van der Waals surface area contributed by atoms with Crippen molar-refractivity contribution < 1.29 is 19.4 Å². The summed E-state index contributed by atoms with van der Waals surface area (Å²) in [5, 5.41) is 3.75. The SMILES string of the molecule is C[NH+]1CCC2(CC1)NC(=O)N(C[NH+]1CCN(c3cccc(Cl)c3)CC1)C2=O. The molecule has 0 saturated carbocycles. The van der Waals surface area contributed by atoms with E-state index >= 15 is 0 Å². The maximum Gasteiger partial charge on any atom is 0.329 e. The molecule has 3 amide bonds. The summed E-state index contributed by atoms with van der Waals surface area (Å²) in [4.78, 5) is 31.9. The average molecular weight is 394 g/mol. The molecule has 0 bridgehead atoms. The molecule has 3 aliphatic rings. The molecule has 8 heteroatoms. The monoisotopic (exact) mass is 393 g/mol. The van der Waals surface area contributed by atoms with Crippen molar-refractivity contribution in [3.05, 3.63) is 29.3 Å². The zero-order valence-corrected chi connectivity index (χ0v) is 16.5. The van der Waals surface area contributed by atoms with E-state index in [0.29, 0.717) is 6.67 Å². The normalized spacial score (nSPS) is 29.5. The summed E-state index contributed by atoms with van der Waals surface area (Å²) in [7, 11) is 2.13. The Morgan fingerprint density at radius 3 is 2.52 bits per heavy atom. The lowest BCUT2D eigenvalue weighted by atomic mass is 9.88. The second-order valence-electron chi connectivity index (χ2n) is 8.08. The zero-order valence-electron chi connectivity index (χ0n) is 15.8. The van der Waals surface area contributed by atoms with Crippen molar-refractivity contribution in [3.8, 4) is 0 Å². The van der Waals surface area contributed by atoms with Crippen LogP contribution in [0.15, 0.2) is 24.3 Å². The highest BCUT2D eigenvalue weighted by Gasteiger charge is 2.54. The molecule has 1 aromatic rings. The van der Waals surface area contributed by atoms with Gasteiger partial charge in [0.05, 0.1) is 46.3 Å². The van der Waals surface area contributed by atoms with Gasteiger partial charge in [-0.05, 0) is 18.2 Å². The van der Waals surface area contributed by atoms with E-state index in [2.05, 4.69) is 23.3 Å². The lowest BCUT2D eigenvalue weighted by Gasteiger charge is -2.35. The predicted molar refractivity (Wildman–Crippen MR) is 103 cm³/mol. The smallest absolute Gasteiger partial charge is 0.329 e. The van der Waals surface area contributed by atoms with Crippen molar-refractivity contribution in [2.75, 3.05) is 57.9 Å². The van der Waals surface area contributed by atoms with E-state index in [1.165, 1.54) is 14.7 Å². The minimum Gasteiger partial charge on any atom is -0.360 e. The molecular weight excluding hydrogens is 366 g/mol. The molecule has 1 spiro atoms. The van der Waals surface area contributed by atoms with Gasteiger partial charge in [-0.25, -0.2) is 9.69 Å². The minimum atomic E-state index is -0.654. The average Bonchev–Trinajstić information content (AvgIpc) is 2.89. The number of nitrogens with zero attached hydrogens (tertiary/aromatic N) is 2. The second-order valence-corrected chi connectivity index (χ2v) is 8.51. The third-order valence-electron chi connectivity index (χ3n) is 6.23. The first-order chi connectivity index (χ1) is 13.0. The Bertz CT molecular complexity index is 727. The van der Waals surface area contributed by atoms with Crippen molar-refractivity contribution in [2.45, 2.75) is 18.4 Å². The second kappa shape index (κ2) is 7.30. The quantitative estimate of drug-likeness (QED) is 0.554. The summed E-state index contributed by atoms with van der Waals surface area (Å²) in [5.41, 5.74) is 0.475. The molecule has 4 rings (SSSR count). The zero-order chi connectivity index (χ0) is 19.0. The van der Waals surface area contributed by atoms with Crippen molar-refractivity contribution in [1.82, 2.24) is 10.2 Å². The van der Waals surface area contributed by atoms with Gasteiger partial charge in [-0.1, -0.05) is 17.7 Å². The molecule has 0 aliphatic carbocycles. The summed E-state index contributed by atoms with van der Waals surface area (Å²) in [5.74, 6) is -0.0234. The molecule has 3 heterocycles. The predicted octanol–water partition coefficient (Wildman–Crippen LogP) is -1.40. The molecule has 3 fully saturated rings. The number of urea groups is 1. The van der Waals surface area contributed by atoms with E-state index in [9.17, 15) is 9.59 Å². The fraction of sp³-hybridized carbons (Fsp3) is 0.579. The van der Waals surface area contributed by atoms with Crippen LogP contribution in [-0.2, 0) is 4.79 Å². The number of halogens is 1. The van der Waals surface area contributed by atoms with E-state index in [4.69, 9.17) is 11.6 Å². The fourth-order valence-corrected chi connectivity index (χ4v) is 4.58. The number of anilines is 1. The lowest BCUT2D eigenvalue weighted by Crippen LogP contribution is -3.16. The Hall–Kier alpha value is -1.83. The van der Waals surface area contributed by atoms with E-state index < -0.39 is 5.54 Å². The first-order valence-corrected chi connectivity index (χ1v) is 10.1. The molecule has 0 atom stereocenters. The number of carbonyl (C=O) groups is 2. The van der Waals surface area contributed by atoms with Gasteiger partial charge in [0.25, 0.3) is 5.91 Å². The number of hydrogen-bond donors (Lipinski definition) is 3. The molecule has 146 valence electrons. The van der Waals surface area contributed by atoms with E-state index in [-0.39, 0.29) is 11.9 Å². The Labute approximate surface area is 164 Å². The number of benzene rings is 1. The van der Waals surface area contributed by atoms with Crippen LogP contribution >= 0.6 is 11.6 Å². The van der Waals surface area contributed by atoms with Gasteiger partial charge in [0, 0.05) is 23.6 Å². The van der Waals surface area contributed by atoms with Gasteiger partial charge in [0.2, 0.25) is 0 Å². The molecule has 3 saturated heterocycles. The van der Waals surface area contributed by atoms with Gasteiger partial charge in [0.15, 0.2) is 6.67 Å². The Morgan fingerprint density at radius 2 is 1.85 bits per heavy atom. The summed E-state index contributed by atoms with van der Waals surface area (Å²) >= 11 is 6.10. The van der Waals surface area contributed by atoms with Crippen LogP contribution in [0.2, 0.25) is 5.02 Å². The van der Waals surface area contributed by atoms with Crippen LogP contribution in [-0.4, -0.2) is 75.4 Å². The number of amides is 3. The molecule has 0 radical (unpaired) electrons. The van der Waals surface area contributed by atoms with Crippen molar-refractivity contribution in [1.29, 1.82) is 0 Å². The fourth-order valence-electron chi connectivity index (χ4n) is 4.40. The van der Waals surface area contributed by atoms with Crippen LogP contribution in [0.4, 0.5) is 10.5 Å². The third kappa shape index (κ3) is 3.63. The molecule has 27 heavy (non-hydrogen) atoms. The summed E-state index contributed by atoms with van der Waals surface area (Å²) in [6.45, 7) is 5.86. The summed E-state index contributed by atoms with van der Waals surface area (Å²) in [6, 6.07) is 7.68. The van der Waals surface area contributed by atoms with Gasteiger partial charge < -0.3 is 20.0 Å². The molecule has 0 aromatic heterocycles. The molecule has 0 unspecified atom stereocenters. The van der Waals surface area contributed by atoms with Crippen molar-refractivity contribution >= 4 is 29.2 Å². The van der Waals surface area contributed by atoms with Crippen molar-refractivity contribution in [3.63, 3.8) is 0 Å². The number of imide groups is 1. The minimum absolute atomic E-state index is 0.0234. The highest BCUT2D eigenvalue weighted by Crippen LogP contribution is 2.25. The van der Waals surface area contributed by atoms with Gasteiger partial charge in [-0.15, -0.1) is 0 Å². The van der Waals surface area contributed by atoms with Gasteiger partial charge >= 0.3 is 6.03 Å². The lowest BCUT2D eigenvalue weighted by molar-refractivity contribution is -0.907. The number of quaternary nitrogens is 2. The van der Waals surface area contributed by atoms with Crippen LogP contribution in [0.5, 0.6) is 0 Å². The molecule has 1 aromatic carbocycles. The first kappa shape index (κ1) is 18.5. The first-order valence-electron chi connectivity index (χ1n) is 9.76. The third-order valence-corrected chi connectivity index (χ3v) is 6.46. The largest absolute Gasteiger partial charge is 0.360 e. The summed E-state index contributed by atoms with van der Waals surface area (Å²) < 4.78 is 0. The Balaban J connectivity index is 1.35. The van der Waals surface area contributed by atoms with Crippen molar-refractivity contribution in [2.24, 2.45) is 0 Å². The standard InChI is InChI=1S/C19H26ClN5O2/c1-22-7-5-19(6-8-22)17(26)25(18(27)21-19)14-23-9-11-24(12-10-23)16-4-2-3-15(20)13-16/h2-4,13H,5-12,14H2,1H3,(H,21,27)/p+2.